The normalized spacial score (nSPS) is 19.4. The highest BCUT2D eigenvalue weighted by Crippen LogP contribution is 2.37. The van der Waals surface area contributed by atoms with Crippen molar-refractivity contribution in [3.8, 4) is 11.1 Å². The van der Waals surface area contributed by atoms with Crippen LogP contribution in [0.4, 0.5) is 5.95 Å². The molecule has 3 N–H and O–H groups in total. The molecule has 1 aliphatic rings. The molecule has 0 saturated heterocycles. The number of aliphatic hydroxyl groups is 1. The number of hydrogen-bond acceptors (Lipinski definition) is 7. The minimum absolute atomic E-state index is 0.0486. The number of carbonyl (C=O) groups is 1. The first-order chi connectivity index (χ1) is 16.4. The molecule has 9 heteroatoms. The van der Waals surface area contributed by atoms with Crippen molar-refractivity contribution in [2.45, 2.75) is 70.6 Å². The van der Waals surface area contributed by atoms with E-state index < -0.39 is 0 Å². The lowest BCUT2D eigenvalue weighted by molar-refractivity contribution is 0.0938. The summed E-state index contributed by atoms with van der Waals surface area (Å²) in [7, 11) is 1.67. The van der Waals surface area contributed by atoms with E-state index in [1.165, 1.54) is 0 Å². The summed E-state index contributed by atoms with van der Waals surface area (Å²) >= 11 is 0. The van der Waals surface area contributed by atoms with Crippen molar-refractivity contribution >= 4 is 17.4 Å². The van der Waals surface area contributed by atoms with Gasteiger partial charge in [-0.25, -0.2) is 9.50 Å². The molecule has 1 aliphatic carbocycles. The van der Waals surface area contributed by atoms with Gasteiger partial charge in [0.2, 0.25) is 5.95 Å². The number of pyridine rings is 1. The van der Waals surface area contributed by atoms with Crippen LogP contribution >= 0.6 is 0 Å². The molecule has 1 fully saturated rings. The molecule has 9 nitrogen and oxygen atoms in total. The Kier molecular flexibility index (Phi) is 7.43. The molecule has 0 unspecified atom stereocenters. The van der Waals surface area contributed by atoms with Crippen LogP contribution in [0, 0.1) is 0 Å². The highest BCUT2D eigenvalue weighted by Gasteiger charge is 2.26. The highest BCUT2D eigenvalue weighted by molar-refractivity contribution is 5.93. The minimum Gasteiger partial charge on any atom is -0.393 e. The quantitative estimate of drug-likeness (QED) is 0.466. The van der Waals surface area contributed by atoms with E-state index in [0.717, 1.165) is 48.0 Å². The first-order valence-corrected chi connectivity index (χ1v) is 11.9. The zero-order valence-corrected chi connectivity index (χ0v) is 20.3. The van der Waals surface area contributed by atoms with Gasteiger partial charge in [0, 0.05) is 48.1 Å². The molecule has 34 heavy (non-hydrogen) atoms. The van der Waals surface area contributed by atoms with Gasteiger partial charge in [-0.05, 0) is 58.6 Å². The lowest BCUT2D eigenvalue weighted by Gasteiger charge is -2.25. The van der Waals surface area contributed by atoms with Crippen molar-refractivity contribution < 1.29 is 14.6 Å². The predicted octanol–water partition coefficient (Wildman–Crippen LogP) is 3.39. The first-order valence-electron chi connectivity index (χ1n) is 11.9. The lowest BCUT2D eigenvalue weighted by atomic mass is 9.85. The third-order valence-corrected chi connectivity index (χ3v) is 6.18. The molecule has 182 valence electrons. The minimum atomic E-state index is -0.225. The van der Waals surface area contributed by atoms with E-state index >= 15 is 0 Å². The van der Waals surface area contributed by atoms with Crippen molar-refractivity contribution in [3.05, 3.63) is 42.0 Å². The Morgan fingerprint density at radius 1 is 1.18 bits per heavy atom. The van der Waals surface area contributed by atoms with Crippen LogP contribution in [0.3, 0.4) is 0 Å². The number of fused-ring (bicyclic) bond motifs is 1. The number of carbonyl (C=O) groups excluding carboxylic acids is 1. The Bertz CT molecular complexity index is 1120. The van der Waals surface area contributed by atoms with Crippen LogP contribution in [0.1, 0.15) is 68.6 Å². The fourth-order valence-corrected chi connectivity index (χ4v) is 4.51. The molecule has 1 atom stereocenters. The fraction of sp³-hybridized carbons (Fsp3) is 0.520. The van der Waals surface area contributed by atoms with Gasteiger partial charge in [-0.1, -0.05) is 6.07 Å². The zero-order chi connectivity index (χ0) is 24.2. The molecule has 3 aromatic rings. The number of aliphatic hydroxyl groups excluding tert-OH is 1. The third-order valence-electron chi connectivity index (χ3n) is 6.18. The van der Waals surface area contributed by atoms with Gasteiger partial charge in [0.05, 0.1) is 24.4 Å². The van der Waals surface area contributed by atoms with Crippen LogP contribution in [0.25, 0.3) is 16.6 Å². The predicted molar refractivity (Wildman–Crippen MR) is 131 cm³/mol. The maximum atomic E-state index is 12.3. The number of methoxy groups -OCH3 is 1. The van der Waals surface area contributed by atoms with E-state index in [9.17, 15) is 9.90 Å². The average molecular weight is 467 g/mol. The van der Waals surface area contributed by atoms with Gasteiger partial charge in [-0.3, -0.25) is 9.78 Å². The van der Waals surface area contributed by atoms with Gasteiger partial charge < -0.3 is 20.5 Å². The number of aromatic nitrogens is 4. The molecular weight excluding hydrogens is 432 g/mol. The molecule has 0 radical (unpaired) electrons. The Hall–Kier alpha value is -3.04. The van der Waals surface area contributed by atoms with Crippen molar-refractivity contribution in [2.24, 2.45) is 0 Å². The van der Waals surface area contributed by atoms with Crippen molar-refractivity contribution in [3.63, 3.8) is 0 Å². The number of anilines is 1. The summed E-state index contributed by atoms with van der Waals surface area (Å²) in [5, 5.41) is 21.0. The second-order valence-corrected chi connectivity index (χ2v) is 9.43. The molecule has 0 spiro atoms. The topological polar surface area (TPSA) is 114 Å². The summed E-state index contributed by atoms with van der Waals surface area (Å²) in [4.78, 5) is 21.2. The number of amides is 1. The average Bonchev–Trinajstić information content (AvgIpc) is 3.18. The standard InChI is InChI=1S/C25H34N6O3/c1-15(2)28-24(33)21-10-7-18(12-26-21)20-11-22(17-5-8-19(32)9-6-17)31-23(20)13-27-25(30-31)29-16(3)14-34-4/h7,10-13,15-17,19,32H,5-6,8-9,14H2,1-4H3,(H,28,33)(H,29,30)/t16-,17?,19?/m0/s1. The highest BCUT2D eigenvalue weighted by atomic mass is 16.5. The van der Waals surface area contributed by atoms with Gasteiger partial charge in [0.25, 0.3) is 5.91 Å². The lowest BCUT2D eigenvalue weighted by Crippen LogP contribution is -2.30. The number of nitrogens with one attached hydrogen (secondary N) is 2. The van der Waals surface area contributed by atoms with Crippen molar-refractivity contribution in [2.75, 3.05) is 19.0 Å². The maximum absolute atomic E-state index is 12.3. The monoisotopic (exact) mass is 466 g/mol. The summed E-state index contributed by atoms with van der Waals surface area (Å²) in [6.45, 7) is 6.41. The molecule has 1 saturated carbocycles. The van der Waals surface area contributed by atoms with E-state index in [2.05, 4.69) is 26.7 Å². The van der Waals surface area contributed by atoms with Crippen LogP contribution in [-0.2, 0) is 4.74 Å². The van der Waals surface area contributed by atoms with Gasteiger partial charge in [-0.15, -0.1) is 5.10 Å². The van der Waals surface area contributed by atoms with Crippen LogP contribution in [0.2, 0.25) is 0 Å². The summed E-state index contributed by atoms with van der Waals surface area (Å²) in [5.41, 5.74) is 4.24. The van der Waals surface area contributed by atoms with E-state index in [0.29, 0.717) is 24.2 Å². The number of rotatable bonds is 8. The third kappa shape index (κ3) is 5.37. The number of nitrogens with zero attached hydrogens (tertiary/aromatic N) is 4. The second kappa shape index (κ2) is 10.5. The van der Waals surface area contributed by atoms with Crippen molar-refractivity contribution in [1.29, 1.82) is 0 Å². The van der Waals surface area contributed by atoms with Gasteiger partial charge in [-0.2, -0.15) is 0 Å². The Morgan fingerprint density at radius 3 is 2.59 bits per heavy atom. The fourth-order valence-electron chi connectivity index (χ4n) is 4.51. The van der Waals surface area contributed by atoms with Crippen LogP contribution in [-0.4, -0.2) is 62.5 Å². The van der Waals surface area contributed by atoms with E-state index in [-0.39, 0.29) is 24.1 Å². The summed E-state index contributed by atoms with van der Waals surface area (Å²) in [6, 6.07) is 5.93. The Balaban J connectivity index is 1.71. The Labute approximate surface area is 200 Å². The molecule has 0 bridgehead atoms. The van der Waals surface area contributed by atoms with Gasteiger partial charge in [0.15, 0.2) is 0 Å². The van der Waals surface area contributed by atoms with Gasteiger partial charge >= 0.3 is 0 Å². The molecule has 1 amide bonds. The van der Waals surface area contributed by atoms with Crippen LogP contribution in [0.5, 0.6) is 0 Å². The van der Waals surface area contributed by atoms with E-state index in [1.807, 2.05) is 37.5 Å². The molecule has 0 aromatic carbocycles. The molecular formula is C25H34N6O3. The van der Waals surface area contributed by atoms with E-state index in [4.69, 9.17) is 9.84 Å². The molecule has 3 aromatic heterocycles. The second-order valence-electron chi connectivity index (χ2n) is 9.43. The number of ether oxygens (including phenoxy) is 1. The smallest absolute Gasteiger partial charge is 0.270 e. The van der Waals surface area contributed by atoms with Crippen LogP contribution < -0.4 is 10.6 Å². The SMILES string of the molecule is COC[C@H](C)Nc1ncc2c(-c3ccc(C(=O)NC(C)C)nc3)cc(C3CCC(O)CC3)n2n1. The summed E-state index contributed by atoms with van der Waals surface area (Å²) in [6.07, 6.45) is 6.72. The maximum Gasteiger partial charge on any atom is 0.270 e. The van der Waals surface area contributed by atoms with Crippen molar-refractivity contribution in [1.82, 2.24) is 24.9 Å². The van der Waals surface area contributed by atoms with Gasteiger partial charge in [0.1, 0.15) is 5.69 Å². The van der Waals surface area contributed by atoms with E-state index in [1.54, 1.807) is 19.4 Å². The molecule has 0 aliphatic heterocycles. The largest absolute Gasteiger partial charge is 0.393 e. The molecule has 3 heterocycles. The van der Waals surface area contributed by atoms with Crippen LogP contribution in [0.15, 0.2) is 30.6 Å². The summed E-state index contributed by atoms with van der Waals surface area (Å²) in [5.74, 6) is 0.650. The number of hydrogen-bond donors (Lipinski definition) is 3. The summed E-state index contributed by atoms with van der Waals surface area (Å²) < 4.78 is 7.18. The first kappa shape index (κ1) is 24.1. The Morgan fingerprint density at radius 2 is 1.94 bits per heavy atom. The zero-order valence-electron chi connectivity index (χ0n) is 20.3. The molecule has 4 rings (SSSR count).